The van der Waals surface area contributed by atoms with Crippen LogP contribution in [0.25, 0.3) is 32.6 Å². The van der Waals surface area contributed by atoms with Crippen LogP contribution in [0.5, 0.6) is 0 Å². The van der Waals surface area contributed by atoms with Crippen molar-refractivity contribution >= 4 is 61.8 Å². The molecule has 0 saturated carbocycles. The van der Waals surface area contributed by atoms with Crippen molar-refractivity contribution in [1.82, 2.24) is 9.97 Å². The van der Waals surface area contributed by atoms with Gasteiger partial charge in [0.1, 0.15) is 7.85 Å². The van der Waals surface area contributed by atoms with Crippen LogP contribution in [0.4, 0.5) is 0 Å². The van der Waals surface area contributed by atoms with Gasteiger partial charge in [0.05, 0.1) is 16.7 Å². The SMILES string of the molecule is Bc1ccc2c(c1)c1cc(Br)ccc1c1ncc(C)nc21. The fraction of sp³-hybridized carbons (Fsp3) is 0.0588. The minimum Gasteiger partial charge on any atom is -0.252 e. The molecule has 1 aromatic heterocycles. The standard InChI is InChI=1S/C17H12BBrN2/c1-9-8-20-16-12-5-3-11(19)7-15(12)14-6-10(18)2-4-13(14)17(16)21-9/h2-8H,18H2,1H3. The molecule has 0 N–H and O–H groups in total. The maximum absolute atomic E-state index is 4.73. The second-order valence-electron chi connectivity index (χ2n) is 5.45. The predicted octanol–water partition coefficient (Wildman–Crippen LogP) is 3.27. The van der Waals surface area contributed by atoms with Gasteiger partial charge >= 0.3 is 0 Å². The third kappa shape index (κ3) is 1.94. The predicted molar refractivity (Wildman–Crippen MR) is 95.2 cm³/mol. The number of fused-ring (bicyclic) bond motifs is 6. The summed E-state index contributed by atoms with van der Waals surface area (Å²) in [5.74, 6) is 0. The summed E-state index contributed by atoms with van der Waals surface area (Å²) in [6.45, 7) is 1.98. The highest BCUT2D eigenvalue weighted by Gasteiger charge is 2.11. The van der Waals surface area contributed by atoms with E-state index >= 15 is 0 Å². The van der Waals surface area contributed by atoms with Crippen molar-refractivity contribution in [1.29, 1.82) is 0 Å². The summed E-state index contributed by atoms with van der Waals surface area (Å²) in [5, 5.41) is 4.77. The van der Waals surface area contributed by atoms with E-state index in [4.69, 9.17) is 4.98 Å². The van der Waals surface area contributed by atoms with Gasteiger partial charge in [0.15, 0.2) is 0 Å². The summed E-state index contributed by atoms with van der Waals surface area (Å²) < 4.78 is 1.08. The van der Waals surface area contributed by atoms with Crippen molar-refractivity contribution < 1.29 is 0 Å². The molecule has 0 saturated heterocycles. The first-order chi connectivity index (χ1) is 10.1. The Balaban J connectivity index is 2.39. The molecule has 0 unspecified atom stereocenters. The number of rotatable bonds is 0. The normalized spacial score (nSPS) is 11.5. The second kappa shape index (κ2) is 4.53. The van der Waals surface area contributed by atoms with Crippen molar-refractivity contribution in [3.8, 4) is 0 Å². The van der Waals surface area contributed by atoms with E-state index in [9.17, 15) is 0 Å². The van der Waals surface area contributed by atoms with Crippen molar-refractivity contribution in [3.05, 3.63) is 52.8 Å². The zero-order valence-corrected chi connectivity index (χ0v) is 13.4. The van der Waals surface area contributed by atoms with Crippen LogP contribution in [0.15, 0.2) is 47.1 Å². The van der Waals surface area contributed by atoms with Gasteiger partial charge in [-0.15, -0.1) is 0 Å². The Morgan fingerprint density at radius 2 is 1.62 bits per heavy atom. The first-order valence-corrected chi connectivity index (χ1v) is 7.68. The fourth-order valence-electron chi connectivity index (χ4n) is 2.90. The summed E-state index contributed by atoms with van der Waals surface area (Å²) in [7, 11) is 2.12. The molecule has 0 fully saturated rings. The number of hydrogen-bond donors (Lipinski definition) is 0. The highest BCUT2D eigenvalue weighted by Crippen LogP contribution is 2.33. The van der Waals surface area contributed by atoms with Crippen LogP contribution < -0.4 is 5.46 Å². The van der Waals surface area contributed by atoms with E-state index in [-0.39, 0.29) is 0 Å². The minimum atomic E-state index is 0.945. The summed E-state index contributed by atoms with van der Waals surface area (Å²) in [4.78, 5) is 9.37. The van der Waals surface area contributed by atoms with Gasteiger partial charge in [0.25, 0.3) is 0 Å². The Kier molecular flexibility index (Phi) is 2.76. The number of aromatic nitrogens is 2. The summed E-state index contributed by atoms with van der Waals surface area (Å²) in [5.41, 5.74) is 4.16. The van der Waals surface area contributed by atoms with Gasteiger partial charge in [0.2, 0.25) is 0 Å². The van der Waals surface area contributed by atoms with E-state index in [0.29, 0.717) is 0 Å². The van der Waals surface area contributed by atoms with E-state index in [2.05, 4.69) is 65.2 Å². The van der Waals surface area contributed by atoms with E-state index in [0.717, 1.165) is 32.0 Å². The van der Waals surface area contributed by atoms with E-state index < -0.39 is 0 Å². The maximum Gasteiger partial charge on any atom is 0.139 e. The Morgan fingerprint density at radius 1 is 0.905 bits per heavy atom. The lowest BCUT2D eigenvalue weighted by Gasteiger charge is -2.10. The molecule has 4 aromatic rings. The number of aryl methyl sites for hydroxylation is 1. The Labute approximate surface area is 131 Å². The molecule has 0 bridgehead atoms. The molecule has 4 rings (SSSR count). The second-order valence-corrected chi connectivity index (χ2v) is 6.36. The van der Waals surface area contributed by atoms with Crippen LogP contribution in [0, 0.1) is 6.92 Å². The molecular formula is C17H12BBrN2. The summed E-state index contributed by atoms with van der Waals surface area (Å²) >= 11 is 3.58. The number of benzene rings is 3. The highest BCUT2D eigenvalue weighted by molar-refractivity contribution is 9.10. The maximum atomic E-state index is 4.73. The number of nitrogens with zero attached hydrogens (tertiary/aromatic N) is 2. The molecule has 2 nitrogen and oxygen atoms in total. The first kappa shape index (κ1) is 12.8. The van der Waals surface area contributed by atoms with E-state index in [1.165, 1.54) is 16.2 Å². The fourth-order valence-corrected chi connectivity index (χ4v) is 3.26. The van der Waals surface area contributed by atoms with Gasteiger partial charge in [-0.05, 0) is 29.8 Å². The quantitative estimate of drug-likeness (QED) is 0.364. The van der Waals surface area contributed by atoms with Crippen LogP contribution in [-0.2, 0) is 0 Å². The molecule has 0 aliphatic rings. The van der Waals surface area contributed by atoms with Crippen LogP contribution in [0.3, 0.4) is 0 Å². The molecule has 0 amide bonds. The van der Waals surface area contributed by atoms with Gasteiger partial charge < -0.3 is 0 Å². The lowest BCUT2D eigenvalue weighted by molar-refractivity contribution is 1.19. The summed E-state index contributed by atoms with van der Waals surface area (Å²) in [6, 6.07) is 12.9. The molecule has 0 atom stereocenters. The third-order valence-corrected chi connectivity index (χ3v) is 4.34. The molecule has 0 aliphatic heterocycles. The van der Waals surface area contributed by atoms with E-state index in [1.807, 2.05) is 13.1 Å². The average molecular weight is 335 g/mol. The van der Waals surface area contributed by atoms with Crippen LogP contribution >= 0.6 is 15.9 Å². The topological polar surface area (TPSA) is 25.8 Å². The van der Waals surface area contributed by atoms with E-state index in [1.54, 1.807) is 0 Å². The molecule has 0 spiro atoms. The van der Waals surface area contributed by atoms with Gasteiger partial charge in [-0.2, -0.15) is 0 Å². The van der Waals surface area contributed by atoms with Crippen molar-refractivity contribution in [2.24, 2.45) is 0 Å². The highest BCUT2D eigenvalue weighted by atomic mass is 79.9. The molecule has 21 heavy (non-hydrogen) atoms. The largest absolute Gasteiger partial charge is 0.252 e. The van der Waals surface area contributed by atoms with Crippen molar-refractivity contribution in [3.63, 3.8) is 0 Å². The molecule has 4 heteroatoms. The zero-order chi connectivity index (χ0) is 14.6. The van der Waals surface area contributed by atoms with Gasteiger partial charge in [0, 0.05) is 21.4 Å². The number of hydrogen-bond acceptors (Lipinski definition) is 2. The zero-order valence-electron chi connectivity index (χ0n) is 11.8. The molecule has 0 aliphatic carbocycles. The third-order valence-electron chi connectivity index (χ3n) is 3.85. The van der Waals surface area contributed by atoms with Crippen molar-refractivity contribution in [2.45, 2.75) is 6.92 Å². The molecular weight excluding hydrogens is 323 g/mol. The van der Waals surface area contributed by atoms with Gasteiger partial charge in [-0.1, -0.05) is 45.7 Å². The molecule has 0 radical (unpaired) electrons. The average Bonchev–Trinajstić information content (AvgIpc) is 2.47. The minimum absolute atomic E-state index is 0.945. The monoisotopic (exact) mass is 334 g/mol. The first-order valence-electron chi connectivity index (χ1n) is 6.88. The summed E-state index contributed by atoms with van der Waals surface area (Å²) in [6.07, 6.45) is 1.84. The molecule has 100 valence electrons. The Morgan fingerprint density at radius 3 is 2.48 bits per heavy atom. The van der Waals surface area contributed by atoms with Crippen LogP contribution in [0.1, 0.15) is 5.69 Å². The molecule has 3 aromatic carbocycles. The molecule has 1 heterocycles. The van der Waals surface area contributed by atoms with Crippen LogP contribution in [0.2, 0.25) is 0 Å². The lowest BCUT2D eigenvalue weighted by Crippen LogP contribution is -2.01. The van der Waals surface area contributed by atoms with Crippen molar-refractivity contribution in [2.75, 3.05) is 0 Å². The Bertz CT molecular complexity index is 1030. The lowest BCUT2D eigenvalue weighted by atomic mass is 9.90. The van der Waals surface area contributed by atoms with Gasteiger partial charge in [-0.25, -0.2) is 4.98 Å². The van der Waals surface area contributed by atoms with Crippen LogP contribution in [-0.4, -0.2) is 17.8 Å². The number of halogens is 1. The van der Waals surface area contributed by atoms with Gasteiger partial charge in [-0.3, -0.25) is 4.98 Å². The Hall–Kier alpha value is -1.94. The smallest absolute Gasteiger partial charge is 0.139 e.